The molecule has 0 amide bonds. The molecular weight excluding hydrogens is 370 g/mol. The summed E-state index contributed by atoms with van der Waals surface area (Å²) < 4.78 is 22.6. The number of nitrogens with zero attached hydrogens (tertiary/aromatic N) is 1. The number of unbranched alkanes of at least 4 members (excludes halogenated alkanes) is 1. The number of pyridine rings is 1. The second kappa shape index (κ2) is 9.28. The third-order valence-electron chi connectivity index (χ3n) is 4.52. The highest BCUT2D eigenvalue weighted by Gasteiger charge is 2.15. The van der Waals surface area contributed by atoms with Crippen LogP contribution in [-0.2, 0) is 0 Å². The van der Waals surface area contributed by atoms with E-state index in [-0.39, 0.29) is 5.78 Å². The van der Waals surface area contributed by atoms with Crippen molar-refractivity contribution in [3.05, 3.63) is 48.2 Å². The molecule has 0 N–H and O–H groups in total. The van der Waals surface area contributed by atoms with E-state index in [4.69, 9.17) is 18.9 Å². The van der Waals surface area contributed by atoms with Crippen LogP contribution in [0.4, 0.5) is 0 Å². The largest absolute Gasteiger partial charge is 0.494 e. The molecule has 0 saturated heterocycles. The molecule has 0 fully saturated rings. The van der Waals surface area contributed by atoms with Crippen LogP contribution in [0.25, 0.3) is 10.9 Å². The molecule has 152 valence electrons. The Labute approximate surface area is 170 Å². The molecule has 0 aliphatic carbocycles. The van der Waals surface area contributed by atoms with Gasteiger partial charge in [-0.3, -0.25) is 9.78 Å². The molecule has 1 aromatic heterocycles. The zero-order valence-corrected chi connectivity index (χ0v) is 17.2. The van der Waals surface area contributed by atoms with Gasteiger partial charge in [0.15, 0.2) is 17.3 Å². The van der Waals surface area contributed by atoms with Crippen molar-refractivity contribution in [3.63, 3.8) is 0 Å². The van der Waals surface area contributed by atoms with Crippen LogP contribution in [0.2, 0.25) is 0 Å². The Hall–Kier alpha value is -3.28. The lowest BCUT2D eigenvalue weighted by molar-refractivity contribution is 0.101. The summed E-state index contributed by atoms with van der Waals surface area (Å²) in [6, 6.07) is 10.6. The zero-order valence-electron chi connectivity index (χ0n) is 17.2. The molecule has 0 aliphatic rings. The van der Waals surface area contributed by atoms with Crippen molar-refractivity contribution in [1.29, 1.82) is 0 Å². The molecule has 0 atom stereocenters. The van der Waals surface area contributed by atoms with Crippen molar-refractivity contribution in [2.45, 2.75) is 26.7 Å². The van der Waals surface area contributed by atoms with E-state index in [2.05, 4.69) is 11.9 Å². The monoisotopic (exact) mass is 395 g/mol. The Morgan fingerprint density at radius 2 is 1.72 bits per heavy atom. The predicted octanol–water partition coefficient (Wildman–Crippen LogP) is 5.43. The quantitative estimate of drug-likeness (QED) is 0.356. The summed E-state index contributed by atoms with van der Waals surface area (Å²) in [5.41, 5.74) is 1.16. The van der Waals surface area contributed by atoms with Gasteiger partial charge < -0.3 is 18.9 Å². The summed E-state index contributed by atoms with van der Waals surface area (Å²) in [5, 5.41) is 0.753. The molecule has 0 aliphatic heterocycles. The highest BCUT2D eigenvalue weighted by molar-refractivity contribution is 5.97. The summed E-state index contributed by atoms with van der Waals surface area (Å²) in [5.74, 6) is 2.74. The van der Waals surface area contributed by atoms with Crippen molar-refractivity contribution < 1.29 is 23.7 Å². The SMILES string of the molecule is CCCCOc1ccc(Oc2ccnc3cc(OC)c(OC)cc23)c(C(C)=O)c1. The highest BCUT2D eigenvalue weighted by atomic mass is 16.5. The van der Waals surface area contributed by atoms with Gasteiger partial charge in [-0.05, 0) is 43.7 Å². The lowest BCUT2D eigenvalue weighted by Crippen LogP contribution is -2.01. The topological polar surface area (TPSA) is 66.9 Å². The van der Waals surface area contributed by atoms with E-state index >= 15 is 0 Å². The van der Waals surface area contributed by atoms with E-state index in [9.17, 15) is 4.79 Å². The molecule has 0 radical (unpaired) electrons. The number of carbonyl (C=O) groups excluding carboxylic acids is 1. The summed E-state index contributed by atoms with van der Waals surface area (Å²) >= 11 is 0. The summed E-state index contributed by atoms with van der Waals surface area (Å²) in [4.78, 5) is 16.6. The molecule has 0 bridgehead atoms. The number of methoxy groups -OCH3 is 2. The number of fused-ring (bicyclic) bond motifs is 1. The summed E-state index contributed by atoms with van der Waals surface area (Å²) in [7, 11) is 3.15. The number of hydrogen-bond donors (Lipinski definition) is 0. The molecule has 1 heterocycles. The highest BCUT2D eigenvalue weighted by Crippen LogP contribution is 2.38. The van der Waals surface area contributed by atoms with Crippen molar-refractivity contribution in [2.24, 2.45) is 0 Å². The fourth-order valence-corrected chi connectivity index (χ4v) is 2.95. The Morgan fingerprint density at radius 3 is 2.41 bits per heavy atom. The molecular formula is C23H25NO5. The number of carbonyl (C=O) groups is 1. The second-order valence-corrected chi connectivity index (χ2v) is 6.55. The van der Waals surface area contributed by atoms with Gasteiger partial charge in [-0.15, -0.1) is 0 Å². The van der Waals surface area contributed by atoms with Gasteiger partial charge in [0.2, 0.25) is 0 Å². The molecule has 2 aromatic carbocycles. The van der Waals surface area contributed by atoms with Gasteiger partial charge in [-0.1, -0.05) is 13.3 Å². The minimum absolute atomic E-state index is 0.0986. The van der Waals surface area contributed by atoms with E-state index < -0.39 is 0 Å². The first-order chi connectivity index (χ1) is 14.1. The molecule has 3 aromatic rings. The van der Waals surface area contributed by atoms with E-state index in [0.29, 0.717) is 46.4 Å². The standard InChI is InChI=1S/C23H25NO5/c1-5-6-11-28-16-7-8-20(17(12-16)15(2)25)29-21-9-10-24-19-14-23(27-4)22(26-3)13-18(19)21/h7-10,12-14H,5-6,11H2,1-4H3. The third-order valence-corrected chi connectivity index (χ3v) is 4.52. The van der Waals surface area contributed by atoms with Crippen molar-refractivity contribution in [1.82, 2.24) is 4.98 Å². The number of aromatic nitrogens is 1. The first-order valence-corrected chi connectivity index (χ1v) is 9.53. The minimum Gasteiger partial charge on any atom is -0.494 e. The maximum absolute atomic E-state index is 12.2. The molecule has 3 rings (SSSR count). The first kappa shape index (κ1) is 20.5. The first-order valence-electron chi connectivity index (χ1n) is 9.53. The van der Waals surface area contributed by atoms with Gasteiger partial charge in [0.05, 0.1) is 31.9 Å². The van der Waals surface area contributed by atoms with Crippen LogP contribution in [0.1, 0.15) is 37.0 Å². The van der Waals surface area contributed by atoms with Crippen molar-refractivity contribution in [3.8, 4) is 28.7 Å². The van der Waals surface area contributed by atoms with E-state index in [0.717, 1.165) is 18.2 Å². The van der Waals surface area contributed by atoms with Crippen molar-refractivity contribution in [2.75, 3.05) is 20.8 Å². The van der Waals surface area contributed by atoms with Gasteiger partial charge in [0.25, 0.3) is 0 Å². The van der Waals surface area contributed by atoms with Gasteiger partial charge >= 0.3 is 0 Å². The number of ketones is 1. The second-order valence-electron chi connectivity index (χ2n) is 6.55. The Bertz CT molecular complexity index is 1020. The van der Waals surface area contributed by atoms with Crippen molar-refractivity contribution >= 4 is 16.7 Å². The van der Waals surface area contributed by atoms with Crippen LogP contribution in [0.5, 0.6) is 28.7 Å². The number of ether oxygens (including phenoxy) is 4. The Balaban J connectivity index is 1.98. The molecule has 0 unspecified atom stereocenters. The fourth-order valence-electron chi connectivity index (χ4n) is 2.95. The third kappa shape index (κ3) is 4.59. The average Bonchev–Trinajstić information content (AvgIpc) is 2.73. The molecule has 29 heavy (non-hydrogen) atoms. The van der Waals surface area contributed by atoms with E-state index in [1.165, 1.54) is 6.92 Å². The number of Topliss-reactive ketones (excluding diaryl/α,β-unsaturated/α-hetero) is 1. The van der Waals surface area contributed by atoms with E-state index in [1.807, 2.05) is 12.1 Å². The molecule has 0 saturated carbocycles. The Morgan fingerprint density at radius 1 is 0.966 bits per heavy atom. The number of hydrogen-bond acceptors (Lipinski definition) is 6. The van der Waals surface area contributed by atoms with Crippen LogP contribution in [0, 0.1) is 0 Å². The normalized spacial score (nSPS) is 10.6. The van der Waals surface area contributed by atoms with Gasteiger partial charge in [-0.25, -0.2) is 0 Å². The van der Waals surface area contributed by atoms with Crippen LogP contribution in [-0.4, -0.2) is 31.6 Å². The predicted molar refractivity (Wildman–Crippen MR) is 112 cm³/mol. The van der Waals surface area contributed by atoms with Crippen LogP contribution in [0.3, 0.4) is 0 Å². The average molecular weight is 395 g/mol. The lowest BCUT2D eigenvalue weighted by Gasteiger charge is -2.14. The number of rotatable bonds is 9. The molecule has 6 nitrogen and oxygen atoms in total. The maximum Gasteiger partial charge on any atom is 0.163 e. The van der Waals surface area contributed by atoms with Crippen LogP contribution >= 0.6 is 0 Å². The van der Waals surface area contributed by atoms with E-state index in [1.54, 1.807) is 44.7 Å². The van der Waals surface area contributed by atoms with Crippen LogP contribution < -0.4 is 18.9 Å². The maximum atomic E-state index is 12.2. The Kier molecular flexibility index (Phi) is 6.54. The molecule has 6 heteroatoms. The zero-order chi connectivity index (χ0) is 20.8. The molecule has 0 spiro atoms. The van der Waals surface area contributed by atoms with Gasteiger partial charge in [0, 0.05) is 17.6 Å². The van der Waals surface area contributed by atoms with Gasteiger partial charge in [0.1, 0.15) is 17.2 Å². The van der Waals surface area contributed by atoms with Crippen LogP contribution in [0.15, 0.2) is 42.6 Å². The summed E-state index contributed by atoms with van der Waals surface area (Å²) in [6.45, 7) is 4.23. The summed E-state index contributed by atoms with van der Waals surface area (Å²) in [6.07, 6.45) is 3.66. The fraction of sp³-hybridized carbons (Fsp3) is 0.304. The minimum atomic E-state index is -0.0986. The smallest absolute Gasteiger partial charge is 0.163 e. The number of benzene rings is 2. The van der Waals surface area contributed by atoms with Gasteiger partial charge in [-0.2, -0.15) is 0 Å². The lowest BCUT2D eigenvalue weighted by atomic mass is 10.1.